The zero-order valence-corrected chi connectivity index (χ0v) is 10.8. The highest BCUT2D eigenvalue weighted by Crippen LogP contribution is 2.28. The van der Waals surface area contributed by atoms with Gasteiger partial charge >= 0.3 is 0 Å². The Labute approximate surface area is 112 Å². The Hall–Kier alpha value is -2.22. The summed E-state index contributed by atoms with van der Waals surface area (Å²) in [5.74, 6) is 0.303. The summed E-state index contributed by atoms with van der Waals surface area (Å²) in [7, 11) is 0. The van der Waals surface area contributed by atoms with E-state index in [9.17, 15) is 9.59 Å². The lowest BCUT2D eigenvalue weighted by atomic mass is 9.98. The van der Waals surface area contributed by atoms with Crippen molar-refractivity contribution in [1.82, 2.24) is 0 Å². The van der Waals surface area contributed by atoms with E-state index in [4.69, 9.17) is 0 Å². The SMILES string of the molecule is CC(=O)c1cccc(-c2ccc3c(c2)CCC3=O)c1. The Morgan fingerprint density at radius 2 is 1.79 bits per heavy atom. The molecule has 0 fully saturated rings. The van der Waals surface area contributed by atoms with E-state index in [0.29, 0.717) is 12.0 Å². The van der Waals surface area contributed by atoms with Gasteiger partial charge in [-0.3, -0.25) is 9.59 Å². The summed E-state index contributed by atoms with van der Waals surface area (Å²) in [5.41, 5.74) is 4.78. The van der Waals surface area contributed by atoms with Crippen LogP contribution in [-0.2, 0) is 6.42 Å². The number of carbonyl (C=O) groups is 2. The predicted molar refractivity (Wildman–Crippen MR) is 74.5 cm³/mol. The number of aryl methyl sites for hydroxylation is 1. The maximum Gasteiger partial charge on any atom is 0.163 e. The van der Waals surface area contributed by atoms with Crippen LogP contribution in [0, 0.1) is 0 Å². The summed E-state index contributed by atoms with van der Waals surface area (Å²) in [6.45, 7) is 1.57. The first-order chi connectivity index (χ1) is 9.15. The lowest BCUT2D eigenvalue weighted by Gasteiger charge is -2.06. The zero-order valence-electron chi connectivity index (χ0n) is 10.8. The van der Waals surface area contributed by atoms with E-state index >= 15 is 0 Å². The zero-order chi connectivity index (χ0) is 13.4. The molecule has 2 nitrogen and oxygen atoms in total. The highest BCUT2D eigenvalue weighted by atomic mass is 16.1. The number of fused-ring (bicyclic) bond motifs is 1. The van der Waals surface area contributed by atoms with Crippen molar-refractivity contribution in [2.24, 2.45) is 0 Å². The maximum atomic E-state index is 11.6. The summed E-state index contributed by atoms with van der Waals surface area (Å²) in [4.78, 5) is 23.0. The fraction of sp³-hybridized carbons (Fsp3) is 0.176. The van der Waals surface area contributed by atoms with Gasteiger partial charge in [-0.1, -0.05) is 36.4 Å². The van der Waals surface area contributed by atoms with Gasteiger partial charge in [-0.05, 0) is 36.1 Å². The Morgan fingerprint density at radius 1 is 1.00 bits per heavy atom. The monoisotopic (exact) mass is 250 g/mol. The van der Waals surface area contributed by atoms with Crippen molar-refractivity contribution in [3.05, 3.63) is 59.2 Å². The van der Waals surface area contributed by atoms with Gasteiger partial charge in [-0.2, -0.15) is 0 Å². The molecule has 0 N–H and O–H groups in total. The highest BCUT2D eigenvalue weighted by Gasteiger charge is 2.19. The molecule has 0 bridgehead atoms. The van der Waals surface area contributed by atoms with Gasteiger partial charge in [0, 0.05) is 17.5 Å². The van der Waals surface area contributed by atoms with Crippen LogP contribution >= 0.6 is 0 Å². The first-order valence-corrected chi connectivity index (χ1v) is 6.42. The Morgan fingerprint density at radius 3 is 2.58 bits per heavy atom. The molecule has 19 heavy (non-hydrogen) atoms. The van der Waals surface area contributed by atoms with Gasteiger partial charge in [0.15, 0.2) is 11.6 Å². The standard InChI is InChI=1S/C17H14O2/c1-11(18)12-3-2-4-13(9-12)14-5-7-16-15(10-14)6-8-17(16)19/h2-5,7,9-10H,6,8H2,1H3. The van der Waals surface area contributed by atoms with E-state index in [-0.39, 0.29) is 11.6 Å². The Balaban J connectivity index is 2.06. The van der Waals surface area contributed by atoms with Gasteiger partial charge in [-0.25, -0.2) is 0 Å². The fourth-order valence-electron chi connectivity index (χ4n) is 2.55. The normalized spacial score (nSPS) is 13.4. The Kier molecular flexibility index (Phi) is 2.79. The summed E-state index contributed by atoms with van der Waals surface area (Å²) < 4.78 is 0. The molecule has 0 aliphatic heterocycles. The molecule has 2 heteroatoms. The number of hydrogen-bond donors (Lipinski definition) is 0. The van der Waals surface area contributed by atoms with Gasteiger partial charge in [0.25, 0.3) is 0 Å². The van der Waals surface area contributed by atoms with Crippen molar-refractivity contribution >= 4 is 11.6 Å². The number of ketones is 2. The van der Waals surface area contributed by atoms with Gasteiger partial charge in [0.05, 0.1) is 0 Å². The van der Waals surface area contributed by atoms with Crippen LogP contribution in [0.5, 0.6) is 0 Å². The molecule has 0 unspecified atom stereocenters. The minimum atomic E-state index is 0.0678. The molecule has 1 aliphatic carbocycles. The number of hydrogen-bond acceptors (Lipinski definition) is 2. The van der Waals surface area contributed by atoms with E-state index in [1.165, 1.54) is 0 Å². The van der Waals surface area contributed by atoms with E-state index in [1.54, 1.807) is 6.92 Å². The third-order valence-electron chi connectivity index (χ3n) is 3.63. The lowest BCUT2D eigenvalue weighted by molar-refractivity contribution is 0.0991. The molecule has 3 rings (SSSR count). The smallest absolute Gasteiger partial charge is 0.163 e. The molecule has 0 saturated carbocycles. The van der Waals surface area contributed by atoms with Crippen molar-refractivity contribution in [2.45, 2.75) is 19.8 Å². The van der Waals surface area contributed by atoms with E-state index in [2.05, 4.69) is 6.07 Å². The molecular formula is C17H14O2. The van der Waals surface area contributed by atoms with Crippen LogP contribution in [-0.4, -0.2) is 11.6 Å². The molecule has 2 aromatic carbocycles. The molecular weight excluding hydrogens is 236 g/mol. The van der Waals surface area contributed by atoms with Crippen LogP contribution in [0.1, 0.15) is 39.6 Å². The first-order valence-electron chi connectivity index (χ1n) is 6.42. The summed E-state index contributed by atoms with van der Waals surface area (Å²) in [6.07, 6.45) is 1.45. The topological polar surface area (TPSA) is 34.1 Å². The highest BCUT2D eigenvalue weighted by molar-refractivity contribution is 6.01. The molecule has 2 aromatic rings. The minimum Gasteiger partial charge on any atom is -0.295 e. The van der Waals surface area contributed by atoms with Crippen LogP contribution < -0.4 is 0 Å². The van der Waals surface area contributed by atoms with Gasteiger partial charge in [0.1, 0.15) is 0 Å². The molecule has 94 valence electrons. The van der Waals surface area contributed by atoms with E-state index < -0.39 is 0 Å². The summed E-state index contributed by atoms with van der Waals surface area (Å²) in [6, 6.07) is 13.5. The molecule has 0 amide bonds. The van der Waals surface area contributed by atoms with Gasteiger partial charge < -0.3 is 0 Å². The third-order valence-corrected chi connectivity index (χ3v) is 3.63. The number of carbonyl (C=O) groups excluding carboxylic acids is 2. The van der Waals surface area contributed by atoms with Crippen molar-refractivity contribution in [3.63, 3.8) is 0 Å². The summed E-state index contributed by atoms with van der Waals surface area (Å²) >= 11 is 0. The van der Waals surface area contributed by atoms with Crippen molar-refractivity contribution in [3.8, 4) is 11.1 Å². The van der Waals surface area contributed by atoms with Crippen LogP contribution in [0.2, 0.25) is 0 Å². The molecule has 1 aliphatic rings. The van der Waals surface area contributed by atoms with Crippen LogP contribution in [0.25, 0.3) is 11.1 Å². The molecule has 0 spiro atoms. The lowest BCUT2D eigenvalue weighted by Crippen LogP contribution is -1.93. The van der Waals surface area contributed by atoms with Crippen LogP contribution in [0.3, 0.4) is 0 Å². The number of rotatable bonds is 2. The van der Waals surface area contributed by atoms with Crippen molar-refractivity contribution < 1.29 is 9.59 Å². The maximum absolute atomic E-state index is 11.6. The molecule has 0 saturated heterocycles. The van der Waals surface area contributed by atoms with Gasteiger partial charge in [-0.15, -0.1) is 0 Å². The molecule has 0 heterocycles. The fourth-order valence-corrected chi connectivity index (χ4v) is 2.55. The molecule has 0 aromatic heterocycles. The largest absolute Gasteiger partial charge is 0.295 e. The van der Waals surface area contributed by atoms with Crippen LogP contribution in [0.4, 0.5) is 0 Å². The predicted octanol–water partition coefficient (Wildman–Crippen LogP) is 3.69. The third kappa shape index (κ3) is 2.10. The van der Waals surface area contributed by atoms with Crippen molar-refractivity contribution in [2.75, 3.05) is 0 Å². The van der Waals surface area contributed by atoms with Gasteiger partial charge in [0.2, 0.25) is 0 Å². The quantitative estimate of drug-likeness (QED) is 0.762. The average Bonchev–Trinajstić information content (AvgIpc) is 2.80. The second kappa shape index (κ2) is 4.47. The average molecular weight is 250 g/mol. The number of benzene rings is 2. The molecule has 0 atom stereocenters. The number of Topliss-reactive ketones (excluding diaryl/α,β-unsaturated/α-hetero) is 2. The molecule has 0 radical (unpaired) electrons. The second-order valence-electron chi connectivity index (χ2n) is 4.93. The van der Waals surface area contributed by atoms with E-state index in [0.717, 1.165) is 28.7 Å². The second-order valence-corrected chi connectivity index (χ2v) is 4.93. The Bertz CT molecular complexity index is 683. The van der Waals surface area contributed by atoms with E-state index in [1.807, 2.05) is 36.4 Å². The first kappa shape index (κ1) is 11.8. The van der Waals surface area contributed by atoms with Crippen molar-refractivity contribution in [1.29, 1.82) is 0 Å². The summed E-state index contributed by atoms with van der Waals surface area (Å²) in [5, 5.41) is 0. The minimum absolute atomic E-state index is 0.0678. The van der Waals surface area contributed by atoms with Crippen LogP contribution in [0.15, 0.2) is 42.5 Å².